The monoisotopic (exact) mass is 950 g/mol. The summed E-state index contributed by atoms with van der Waals surface area (Å²) in [5, 5.41) is 12.6. The van der Waals surface area contributed by atoms with Crippen LogP contribution in [0.5, 0.6) is 0 Å². The first kappa shape index (κ1) is 49.1. The summed E-state index contributed by atoms with van der Waals surface area (Å²) in [6.45, 7) is 0. The summed E-state index contributed by atoms with van der Waals surface area (Å²) in [5.41, 5.74) is 0. The summed E-state index contributed by atoms with van der Waals surface area (Å²) in [4.78, 5) is 8.65. The Hall–Kier alpha value is -5.61. The minimum absolute atomic E-state index is 0. The molecule has 308 valence electrons. The third-order valence-corrected chi connectivity index (χ3v) is 16.5. The molecular formula is C55H47O3P3Ru. The van der Waals surface area contributed by atoms with Crippen LogP contribution in [0.15, 0.2) is 273 Å². The Balaban J connectivity index is 0.000000195. The van der Waals surface area contributed by atoms with E-state index < -0.39 is 23.8 Å². The van der Waals surface area contributed by atoms with E-state index in [1.54, 1.807) is 17.9 Å². The first-order valence-corrected chi connectivity index (χ1v) is 24.5. The Bertz CT molecular complexity index is 1970. The van der Waals surface area contributed by atoms with Crippen molar-refractivity contribution in [1.29, 1.82) is 0 Å². The van der Waals surface area contributed by atoms with E-state index in [1.807, 2.05) is 0 Å². The molecule has 0 bridgehead atoms. The number of benzene rings is 9. The zero-order chi connectivity index (χ0) is 41.5. The van der Waals surface area contributed by atoms with Crippen molar-refractivity contribution < 1.29 is 33.6 Å². The largest absolute Gasteiger partial charge is 0.870 e. The van der Waals surface area contributed by atoms with E-state index in [-0.39, 0.29) is 11.0 Å². The number of carbonyl (C=O) groups excluding carboxylic acids is 1. The van der Waals surface area contributed by atoms with E-state index in [9.17, 15) is 0 Å². The molecule has 0 fully saturated rings. The van der Waals surface area contributed by atoms with E-state index in [2.05, 4.69) is 273 Å². The molecule has 3 nitrogen and oxygen atoms in total. The molecule has 9 rings (SSSR count). The van der Waals surface area contributed by atoms with Gasteiger partial charge in [-0.25, -0.2) is 0 Å². The second-order valence-electron chi connectivity index (χ2n) is 13.1. The third-order valence-electron chi connectivity index (χ3n) is 9.13. The fourth-order valence-corrected chi connectivity index (χ4v) is 13.5. The van der Waals surface area contributed by atoms with Gasteiger partial charge in [-0.2, -0.15) is 0 Å². The van der Waals surface area contributed by atoms with Crippen LogP contribution in [0.2, 0.25) is 0 Å². The zero-order valence-corrected chi connectivity index (χ0v) is 38.4. The van der Waals surface area contributed by atoms with Crippen LogP contribution in [0.3, 0.4) is 0 Å². The standard InChI is InChI=1S/3C18H15P.CO.2H2O.Ru/c3*1-4-10-16(11-5-1)19(17-12-6-2-7-13-17)18-14-8-3-9-15-18;1-2;;;/h3*1-15H;;2*1H2;/q;;;;;;+2/p-2. The third kappa shape index (κ3) is 14.8. The van der Waals surface area contributed by atoms with Crippen molar-refractivity contribution in [2.24, 2.45) is 0 Å². The first-order chi connectivity index (χ1) is 29.8. The maximum absolute atomic E-state index is 8.65. The molecule has 0 radical (unpaired) electrons. The van der Waals surface area contributed by atoms with Gasteiger partial charge >= 0.3 is 27.1 Å². The number of hydrogen-bond acceptors (Lipinski definition) is 3. The minimum Gasteiger partial charge on any atom is -0.870 e. The van der Waals surface area contributed by atoms with Gasteiger partial charge in [-0.15, -0.1) is 0 Å². The van der Waals surface area contributed by atoms with Crippen molar-refractivity contribution in [2.75, 3.05) is 0 Å². The maximum Gasteiger partial charge on any atom is -0.0134 e. The van der Waals surface area contributed by atoms with Crippen molar-refractivity contribution in [3.8, 4) is 0 Å². The second-order valence-corrected chi connectivity index (χ2v) is 20.1. The van der Waals surface area contributed by atoms with Crippen LogP contribution in [0.4, 0.5) is 0 Å². The molecule has 0 atom stereocenters. The van der Waals surface area contributed by atoms with Crippen molar-refractivity contribution in [1.82, 2.24) is 0 Å². The van der Waals surface area contributed by atoms with Crippen LogP contribution in [-0.4, -0.2) is 15.4 Å². The molecule has 9 aromatic carbocycles. The average Bonchev–Trinajstić information content (AvgIpc) is 3.33. The predicted molar refractivity (Wildman–Crippen MR) is 265 cm³/mol. The Morgan fingerprint density at radius 3 is 0.387 bits per heavy atom. The van der Waals surface area contributed by atoms with Gasteiger partial charge < -0.3 is 11.0 Å². The first-order valence-electron chi connectivity index (χ1n) is 19.6. The van der Waals surface area contributed by atoms with Gasteiger partial charge in [0.1, 0.15) is 0 Å². The predicted octanol–water partition coefficient (Wildman–Crippen LogP) is 9.58. The SMILES string of the molecule is O=[C]=[Ru+2].[OH-].[OH-].c1ccc(P(c2ccccc2)c2ccccc2)cc1.c1ccc(P(c2ccccc2)c2ccccc2)cc1.c1ccc(P(c2ccccc2)c2ccccc2)cc1. The molecule has 0 heterocycles. The quantitative estimate of drug-likeness (QED) is 0.107. The molecule has 0 aliphatic heterocycles. The van der Waals surface area contributed by atoms with E-state index in [0.29, 0.717) is 0 Å². The van der Waals surface area contributed by atoms with E-state index >= 15 is 0 Å². The van der Waals surface area contributed by atoms with Gasteiger partial charge in [0.25, 0.3) is 0 Å². The smallest absolute Gasteiger partial charge is 0.0134 e. The van der Waals surface area contributed by atoms with Crippen LogP contribution in [0, 0.1) is 0 Å². The molecule has 0 aliphatic carbocycles. The molecule has 62 heavy (non-hydrogen) atoms. The van der Waals surface area contributed by atoms with Gasteiger partial charge in [0.2, 0.25) is 0 Å². The number of hydrogen-bond donors (Lipinski definition) is 0. The van der Waals surface area contributed by atoms with Crippen molar-refractivity contribution in [3.63, 3.8) is 0 Å². The van der Waals surface area contributed by atoms with E-state index in [1.165, 1.54) is 52.2 Å². The Kier molecular flexibility index (Phi) is 22.2. The normalized spacial score (nSPS) is 9.85. The molecule has 0 saturated carbocycles. The molecule has 9 aromatic rings. The summed E-state index contributed by atoms with van der Waals surface area (Å²) in [7, 11) is -1.34. The minimum atomic E-state index is -0.446. The van der Waals surface area contributed by atoms with Crippen LogP contribution in [-0.2, 0) is 22.6 Å². The van der Waals surface area contributed by atoms with E-state index in [4.69, 9.17) is 4.79 Å². The Morgan fingerprint density at radius 2 is 0.306 bits per heavy atom. The van der Waals surface area contributed by atoms with Crippen LogP contribution < -0.4 is 47.7 Å². The summed E-state index contributed by atoms with van der Waals surface area (Å²) < 4.78 is 1.43. The molecule has 0 unspecified atom stereocenters. The molecule has 7 heteroatoms. The second kappa shape index (κ2) is 28.1. The van der Waals surface area contributed by atoms with Gasteiger partial charge in [-0.1, -0.05) is 273 Å². The molecule has 0 spiro atoms. The number of rotatable bonds is 9. The van der Waals surface area contributed by atoms with Crippen LogP contribution in [0.1, 0.15) is 0 Å². The van der Waals surface area contributed by atoms with Gasteiger partial charge in [0.15, 0.2) is 0 Å². The van der Waals surface area contributed by atoms with Crippen molar-refractivity contribution >= 4 is 76.0 Å². The van der Waals surface area contributed by atoms with Crippen molar-refractivity contribution in [2.45, 2.75) is 0 Å². The fraction of sp³-hybridized carbons (Fsp3) is 0. The molecular weight excluding hydrogens is 903 g/mol. The molecule has 2 N–H and O–H groups in total. The summed E-state index contributed by atoms with van der Waals surface area (Å²) in [6.07, 6.45) is 0. The van der Waals surface area contributed by atoms with E-state index in [0.717, 1.165) is 0 Å². The van der Waals surface area contributed by atoms with Gasteiger partial charge in [-0.05, 0) is 71.5 Å². The Morgan fingerprint density at radius 1 is 0.226 bits per heavy atom. The molecule has 0 aromatic heterocycles. The maximum atomic E-state index is 8.65. The van der Waals surface area contributed by atoms with Crippen LogP contribution in [0.25, 0.3) is 0 Å². The summed E-state index contributed by atoms with van der Waals surface area (Å²) in [6, 6.07) is 97.0. The molecule has 0 saturated heterocycles. The van der Waals surface area contributed by atoms with Crippen molar-refractivity contribution in [3.05, 3.63) is 273 Å². The summed E-state index contributed by atoms with van der Waals surface area (Å²) in [5.74, 6) is 0. The molecule has 0 aliphatic rings. The molecule has 0 amide bonds. The fourth-order valence-electron chi connectivity index (χ4n) is 6.54. The topological polar surface area (TPSA) is 77.1 Å². The van der Waals surface area contributed by atoms with Crippen LogP contribution >= 0.6 is 23.8 Å². The van der Waals surface area contributed by atoms with Gasteiger partial charge in [-0.3, -0.25) is 0 Å². The summed E-state index contributed by atoms with van der Waals surface area (Å²) >= 11 is 1.70. The average molecular weight is 950 g/mol. The van der Waals surface area contributed by atoms with Gasteiger partial charge in [0, 0.05) is 0 Å². The Labute approximate surface area is 380 Å². The zero-order valence-electron chi connectivity index (χ0n) is 34.0. The van der Waals surface area contributed by atoms with Gasteiger partial charge in [0.05, 0.1) is 0 Å².